The fourth-order valence-electron chi connectivity index (χ4n) is 3.09. The van der Waals surface area contributed by atoms with E-state index in [-0.39, 0.29) is 24.1 Å². The number of aromatic nitrogens is 1. The average Bonchev–Trinajstić information content (AvgIpc) is 3.17. The molecule has 0 aliphatic rings. The third-order valence-corrected chi connectivity index (χ3v) is 6.86. The van der Waals surface area contributed by atoms with Crippen LogP contribution >= 0.6 is 35.5 Å². The SMILES string of the molecule is COc1ccc(SCCCC(=O)N(CCCN(C)C)c2nc3ccc(F)cc3s2)cc1.Cl. The third kappa shape index (κ3) is 7.62. The van der Waals surface area contributed by atoms with Crippen molar-refractivity contribution in [3.63, 3.8) is 0 Å². The number of thioether (sulfide) groups is 1. The summed E-state index contributed by atoms with van der Waals surface area (Å²) in [6.45, 7) is 1.49. The molecule has 0 aliphatic heterocycles. The Hall–Kier alpha value is -1.87. The van der Waals surface area contributed by atoms with Gasteiger partial charge in [-0.3, -0.25) is 9.69 Å². The highest BCUT2D eigenvalue weighted by Gasteiger charge is 2.19. The predicted molar refractivity (Wildman–Crippen MR) is 135 cm³/mol. The molecule has 1 heterocycles. The van der Waals surface area contributed by atoms with E-state index >= 15 is 0 Å². The zero-order chi connectivity index (χ0) is 22.2. The number of carbonyl (C=O) groups is 1. The molecule has 0 fully saturated rings. The highest BCUT2D eigenvalue weighted by atomic mass is 35.5. The molecule has 2 aromatic carbocycles. The van der Waals surface area contributed by atoms with E-state index in [9.17, 15) is 9.18 Å². The van der Waals surface area contributed by atoms with Gasteiger partial charge in [-0.15, -0.1) is 24.2 Å². The quantitative estimate of drug-likeness (QED) is 0.250. The third-order valence-electron chi connectivity index (χ3n) is 4.72. The number of methoxy groups -OCH3 is 1. The second-order valence-corrected chi connectivity index (χ2v) is 9.62. The number of anilines is 1. The number of carbonyl (C=O) groups excluding carboxylic acids is 1. The molecule has 0 spiro atoms. The minimum Gasteiger partial charge on any atom is -0.497 e. The van der Waals surface area contributed by atoms with E-state index in [0.29, 0.717) is 18.1 Å². The summed E-state index contributed by atoms with van der Waals surface area (Å²) in [7, 11) is 5.69. The molecule has 3 aromatic rings. The van der Waals surface area contributed by atoms with Gasteiger partial charge in [0.25, 0.3) is 0 Å². The normalized spacial score (nSPS) is 10.9. The maximum Gasteiger partial charge on any atom is 0.228 e. The molecule has 3 rings (SSSR count). The topological polar surface area (TPSA) is 45.7 Å². The van der Waals surface area contributed by atoms with E-state index in [4.69, 9.17) is 4.74 Å². The second-order valence-electron chi connectivity index (χ2n) is 7.44. The van der Waals surface area contributed by atoms with Crippen LogP contribution in [0.1, 0.15) is 19.3 Å². The van der Waals surface area contributed by atoms with Gasteiger partial charge in [0, 0.05) is 17.9 Å². The molecule has 0 radical (unpaired) electrons. The Kier molecular flexibility index (Phi) is 10.7. The lowest BCUT2D eigenvalue weighted by molar-refractivity contribution is -0.118. The summed E-state index contributed by atoms with van der Waals surface area (Å²) in [4.78, 5) is 22.7. The van der Waals surface area contributed by atoms with Crippen molar-refractivity contribution in [1.29, 1.82) is 0 Å². The van der Waals surface area contributed by atoms with Crippen LogP contribution in [0.25, 0.3) is 10.2 Å². The molecule has 0 aliphatic carbocycles. The van der Waals surface area contributed by atoms with Gasteiger partial charge in [0.05, 0.1) is 17.3 Å². The number of fused-ring (bicyclic) bond motifs is 1. The van der Waals surface area contributed by atoms with Crippen LogP contribution in [0, 0.1) is 5.82 Å². The molecule has 0 N–H and O–H groups in total. The molecule has 0 unspecified atom stereocenters. The van der Waals surface area contributed by atoms with E-state index in [1.54, 1.807) is 29.8 Å². The average molecular weight is 498 g/mol. The number of hydrogen-bond donors (Lipinski definition) is 0. The Morgan fingerprint density at radius 3 is 2.56 bits per heavy atom. The van der Waals surface area contributed by atoms with Gasteiger partial charge in [-0.1, -0.05) is 11.3 Å². The monoisotopic (exact) mass is 497 g/mol. The summed E-state index contributed by atoms with van der Waals surface area (Å²) in [6.07, 6.45) is 2.08. The lowest BCUT2D eigenvalue weighted by Gasteiger charge is -2.21. The Balaban J connectivity index is 0.00000363. The standard InChI is InChI=1S/C23H28FN3O2S2.ClH/c1-26(2)13-5-14-27(23-25-20-12-7-17(24)16-21(20)31-23)22(28)6-4-15-30-19-10-8-18(29-3)9-11-19;/h7-12,16H,4-6,13-15H2,1-3H3;1H. The lowest BCUT2D eigenvalue weighted by Crippen LogP contribution is -2.33. The fourth-order valence-corrected chi connectivity index (χ4v) is 4.98. The molecule has 0 saturated heterocycles. The van der Waals surface area contributed by atoms with E-state index < -0.39 is 0 Å². The number of ether oxygens (including phenoxy) is 1. The Morgan fingerprint density at radius 1 is 1.12 bits per heavy atom. The first-order valence-corrected chi connectivity index (χ1v) is 12.0. The summed E-state index contributed by atoms with van der Waals surface area (Å²) in [5, 5.41) is 0.646. The zero-order valence-electron chi connectivity index (χ0n) is 18.5. The van der Waals surface area contributed by atoms with Crippen molar-refractivity contribution in [1.82, 2.24) is 9.88 Å². The zero-order valence-corrected chi connectivity index (χ0v) is 21.0. The summed E-state index contributed by atoms with van der Waals surface area (Å²) >= 11 is 3.10. The summed E-state index contributed by atoms with van der Waals surface area (Å²) in [5.74, 6) is 1.47. The number of rotatable bonds is 11. The molecule has 32 heavy (non-hydrogen) atoms. The van der Waals surface area contributed by atoms with Gasteiger partial charge in [0.15, 0.2) is 5.13 Å². The molecular weight excluding hydrogens is 469 g/mol. The molecule has 1 aromatic heterocycles. The number of benzene rings is 2. The summed E-state index contributed by atoms with van der Waals surface area (Å²) < 4.78 is 19.5. The number of hydrogen-bond acceptors (Lipinski definition) is 6. The lowest BCUT2D eigenvalue weighted by atomic mass is 10.3. The Labute approximate surface area is 203 Å². The highest BCUT2D eigenvalue weighted by molar-refractivity contribution is 7.99. The minimum atomic E-state index is -0.288. The molecule has 0 saturated carbocycles. The van der Waals surface area contributed by atoms with Gasteiger partial charge in [-0.05, 0) is 81.7 Å². The van der Waals surface area contributed by atoms with Crippen LogP contribution in [0.3, 0.4) is 0 Å². The first kappa shape index (κ1) is 26.4. The highest BCUT2D eigenvalue weighted by Crippen LogP contribution is 2.30. The second kappa shape index (κ2) is 13.0. The molecular formula is C23H29ClFN3O2S2. The van der Waals surface area contributed by atoms with Gasteiger partial charge >= 0.3 is 0 Å². The first-order valence-electron chi connectivity index (χ1n) is 10.2. The Morgan fingerprint density at radius 2 is 1.88 bits per heavy atom. The number of nitrogens with zero attached hydrogens (tertiary/aromatic N) is 3. The van der Waals surface area contributed by atoms with Gasteiger partial charge in [0.1, 0.15) is 11.6 Å². The van der Waals surface area contributed by atoms with E-state index in [0.717, 1.165) is 46.0 Å². The number of halogens is 2. The van der Waals surface area contributed by atoms with Gasteiger partial charge in [-0.25, -0.2) is 9.37 Å². The van der Waals surface area contributed by atoms with Crippen molar-refractivity contribution in [3.8, 4) is 5.75 Å². The van der Waals surface area contributed by atoms with Crippen LogP contribution in [0.2, 0.25) is 0 Å². The van der Waals surface area contributed by atoms with Crippen molar-refractivity contribution in [2.75, 3.05) is 44.9 Å². The van der Waals surface area contributed by atoms with Crippen molar-refractivity contribution < 1.29 is 13.9 Å². The van der Waals surface area contributed by atoms with Crippen molar-refractivity contribution in [3.05, 3.63) is 48.3 Å². The predicted octanol–water partition coefficient (Wildman–Crippen LogP) is 5.72. The molecule has 0 atom stereocenters. The van der Waals surface area contributed by atoms with Crippen LogP contribution in [0.4, 0.5) is 9.52 Å². The fraction of sp³-hybridized carbons (Fsp3) is 0.391. The molecule has 5 nitrogen and oxygen atoms in total. The van der Waals surface area contributed by atoms with E-state index in [1.165, 1.54) is 23.5 Å². The van der Waals surface area contributed by atoms with Crippen molar-refractivity contribution >= 4 is 56.8 Å². The van der Waals surface area contributed by atoms with Crippen LogP contribution < -0.4 is 9.64 Å². The molecule has 9 heteroatoms. The minimum absolute atomic E-state index is 0. The molecule has 1 amide bonds. The van der Waals surface area contributed by atoms with Crippen molar-refractivity contribution in [2.45, 2.75) is 24.2 Å². The van der Waals surface area contributed by atoms with E-state index in [1.807, 2.05) is 38.4 Å². The van der Waals surface area contributed by atoms with Crippen LogP contribution in [-0.4, -0.2) is 55.8 Å². The smallest absolute Gasteiger partial charge is 0.228 e. The summed E-state index contributed by atoms with van der Waals surface area (Å²) in [6, 6.07) is 12.5. The van der Waals surface area contributed by atoms with Crippen molar-refractivity contribution in [2.24, 2.45) is 0 Å². The Bertz CT molecular complexity index is 999. The van der Waals surface area contributed by atoms with Gasteiger partial charge < -0.3 is 9.64 Å². The van der Waals surface area contributed by atoms with Gasteiger partial charge in [-0.2, -0.15) is 0 Å². The maximum absolute atomic E-state index is 13.6. The van der Waals surface area contributed by atoms with Crippen LogP contribution in [-0.2, 0) is 4.79 Å². The first-order chi connectivity index (χ1) is 15.0. The maximum atomic E-state index is 13.6. The van der Waals surface area contributed by atoms with Crippen LogP contribution in [0.15, 0.2) is 47.4 Å². The van der Waals surface area contributed by atoms with Gasteiger partial charge in [0.2, 0.25) is 5.91 Å². The largest absolute Gasteiger partial charge is 0.497 e. The van der Waals surface area contributed by atoms with Crippen LogP contribution in [0.5, 0.6) is 5.75 Å². The molecule has 174 valence electrons. The summed E-state index contributed by atoms with van der Waals surface area (Å²) in [5.41, 5.74) is 0.724. The number of thiazole rings is 1. The van der Waals surface area contributed by atoms with E-state index in [2.05, 4.69) is 9.88 Å². The number of amides is 1. The molecule has 0 bridgehead atoms.